The Morgan fingerprint density at radius 3 is 2.33 bits per heavy atom. The number of aryl methyl sites for hydroxylation is 2. The standard InChI is InChI=1S/C16H24N4O/c1-10-7-11(2)18-16(14(10)15(17)19-21)20(8-12-3-4-12)9-13-5-6-13/h7,12-13,21H,3-6,8-9H2,1-2H3,(H2,17,19). The third-order valence-corrected chi connectivity index (χ3v) is 4.34. The van der Waals surface area contributed by atoms with Gasteiger partial charge in [0.05, 0.1) is 5.56 Å². The van der Waals surface area contributed by atoms with Crippen LogP contribution in [-0.2, 0) is 0 Å². The summed E-state index contributed by atoms with van der Waals surface area (Å²) in [5, 5.41) is 12.3. The summed E-state index contributed by atoms with van der Waals surface area (Å²) in [4.78, 5) is 7.08. The van der Waals surface area contributed by atoms with Crippen LogP contribution in [0.4, 0.5) is 5.82 Å². The zero-order valence-electron chi connectivity index (χ0n) is 12.8. The van der Waals surface area contributed by atoms with Gasteiger partial charge in [-0.05, 0) is 63.0 Å². The van der Waals surface area contributed by atoms with Gasteiger partial charge in [-0.2, -0.15) is 0 Å². The van der Waals surface area contributed by atoms with Gasteiger partial charge >= 0.3 is 0 Å². The lowest BCUT2D eigenvalue weighted by Crippen LogP contribution is -2.32. The number of pyridine rings is 1. The summed E-state index contributed by atoms with van der Waals surface area (Å²) in [6, 6.07) is 1.99. The van der Waals surface area contributed by atoms with E-state index in [9.17, 15) is 0 Å². The lowest BCUT2D eigenvalue weighted by Gasteiger charge is -2.27. The number of nitrogens with zero attached hydrogens (tertiary/aromatic N) is 3. The molecule has 5 heteroatoms. The molecule has 21 heavy (non-hydrogen) atoms. The highest BCUT2D eigenvalue weighted by Gasteiger charge is 2.31. The van der Waals surface area contributed by atoms with Crippen LogP contribution in [0.5, 0.6) is 0 Å². The van der Waals surface area contributed by atoms with Crippen molar-refractivity contribution in [3.63, 3.8) is 0 Å². The van der Waals surface area contributed by atoms with Crippen LogP contribution in [-0.4, -0.2) is 29.1 Å². The number of oxime groups is 1. The maximum atomic E-state index is 9.09. The van der Waals surface area contributed by atoms with Gasteiger partial charge in [0.15, 0.2) is 5.84 Å². The summed E-state index contributed by atoms with van der Waals surface area (Å²) >= 11 is 0. The molecule has 114 valence electrons. The van der Waals surface area contributed by atoms with Crippen LogP contribution >= 0.6 is 0 Å². The number of anilines is 1. The molecule has 0 saturated heterocycles. The molecular formula is C16H24N4O. The molecule has 0 spiro atoms. The number of hydrogen-bond acceptors (Lipinski definition) is 4. The smallest absolute Gasteiger partial charge is 0.174 e. The summed E-state index contributed by atoms with van der Waals surface area (Å²) in [6.07, 6.45) is 5.24. The fourth-order valence-corrected chi connectivity index (χ4v) is 2.88. The van der Waals surface area contributed by atoms with Crippen molar-refractivity contribution < 1.29 is 5.21 Å². The third kappa shape index (κ3) is 3.28. The van der Waals surface area contributed by atoms with Gasteiger partial charge in [0.2, 0.25) is 0 Å². The minimum absolute atomic E-state index is 0.159. The third-order valence-electron chi connectivity index (χ3n) is 4.34. The lowest BCUT2D eigenvalue weighted by atomic mass is 10.1. The first-order valence-electron chi connectivity index (χ1n) is 7.79. The van der Waals surface area contributed by atoms with E-state index in [4.69, 9.17) is 15.9 Å². The Hall–Kier alpha value is -1.78. The molecule has 1 aromatic rings. The van der Waals surface area contributed by atoms with Crippen molar-refractivity contribution in [1.29, 1.82) is 0 Å². The Kier molecular flexibility index (Phi) is 3.74. The second-order valence-electron chi connectivity index (χ2n) is 6.56. The van der Waals surface area contributed by atoms with Crippen molar-refractivity contribution in [3.05, 3.63) is 22.9 Å². The van der Waals surface area contributed by atoms with Crippen LogP contribution in [0.1, 0.15) is 42.5 Å². The second kappa shape index (κ2) is 5.54. The van der Waals surface area contributed by atoms with Gasteiger partial charge < -0.3 is 15.8 Å². The second-order valence-corrected chi connectivity index (χ2v) is 6.56. The quantitative estimate of drug-likeness (QED) is 0.365. The van der Waals surface area contributed by atoms with Crippen molar-refractivity contribution in [2.75, 3.05) is 18.0 Å². The number of rotatable bonds is 6. The van der Waals surface area contributed by atoms with E-state index in [-0.39, 0.29) is 5.84 Å². The topological polar surface area (TPSA) is 74.7 Å². The summed E-state index contributed by atoms with van der Waals surface area (Å²) in [5.41, 5.74) is 8.69. The number of hydrogen-bond donors (Lipinski definition) is 2. The molecule has 1 aromatic heterocycles. The molecule has 0 radical (unpaired) electrons. The van der Waals surface area contributed by atoms with Crippen molar-refractivity contribution in [2.24, 2.45) is 22.7 Å². The molecule has 0 aliphatic heterocycles. The van der Waals surface area contributed by atoms with Crippen LogP contribution in [0.2, 0.25) is 0 Å². The van der Waals surface area contributed by atoms with Gasteiger partial charge in [0, 0.05) is 18.8 Å². The first-order valence-corrected chi connectivity index (χ1v) is 7.79. The van der Waals surface area contributed by atoms with Crippen molar-refractivity contribution in [3.8, 4) is 0 Å². The molecule has 2 aliphatic carbocycles. The first kappa shape index (κ1) is 14.2. The highest BCUT2D eigenvalue weighted by atomic mass is 16.4. The average Bonchev–Trinajstić information content (AvgIpc) is 3.31. The number of amidine groups is 1. The van der Waals surface area contributed by atoms with Crippen molar-refractivity contribution >= 4 is 11.7 Å². The SMILES string of the molecule is Cc1cc(C)c(C(N)=NO)c(N(CC2CC2)CC2CC2)n1. The number of aromatic nitrogens is 1. The fourth-order valence-electron chi connectivity index (χ4n) is 2.88. The number of nitrogens with two attached hydrogens (primary N) is 1. The largest absolute Gasteiger partial charge is 0.409 e. The molecule has 0 bridgehead atoms. The van der Waals surface area contributed by atoms with Gasteiger partial charge in [0.1, 0.15) is 5.82 Å². The molecule has 1 heterocycles. The van der Waals surface area contributed by atoms with Gasteiger partial charge in [-0.1, -0.05) is 5.16 Å². The van der Waals surface area contributed by atoms with Gasteiger partial charge in [-0.25, -0.2) is 4.98 Å². The monoisotopic (exact) mass is 288 g/mol. The van der Waals surface area contributed by atoms with Crippen LogP contribution in [0, 0.1) is 25.7 Å². The molecule has 0 unspecified atom stereocenters. The van der Waals surface area contributed by atoms with E-state index in [0.717, 1.165) is 47.6 Å². The van der Waals surface area contributed by atoms with E-state index in [0.29, 0.717) is 0 Å². The summed E-state index contributed by atoms with van der Waals surface area (Å²) in [6.45, 7) is 6.08. The van der Waals surface area contributed by atoms with E-state index in [2.05, 4.69) is 10.1 Å². The molecule has 3 N–H and O–H groups in total. The van der Waals surface area contributed by atoms with E-state index < -0.39 is 0 Å². The molecule has 0 aromatic carbocycles. The van der Waals surface area contributed by atoms with Gasteiger partial charge in [0.25, 0.3) is 0 Å². The lowest BCUT2D eigenvalue weighted by molar-refractivity contribution is 0.318. The Morgan fingerprint density at radius 1 is 1.29 bits per heavy atom. The highest BCUT2D eigenvalue weighted by Crippen LogP contribution is 2.36. The summed E-state index contributed by atoms with van der Waals surface area (Å²) in [5.74, 6) is 2.62. The Balaban J connectivity index is 1.98. The Bertz CT molecular complexity index is 548. The first-order chi connectivity index (χ1) is 10.1. The predicted octanol–water partition coefficient (Wildman–Crippen LogP) is 2.42. The minimum Gasteiger partial charge on any atom is -0.409 e. The Morgan fingerprint density at radius 2 is 1.86 bits per heavy atom. The zero-order valence-corrected chi connectivity index (χ0v) is 12.8. The molecule has 5 nitrogen and oxygen atoms in total. The maximum absolute atomic E-state index is 9.09. The van der Waals surface area contributed by atoms with Gasteiger partial charge in [-0.3, -0.25) is 0 Å². The average molecular weight is 288 g/mol. The minimum atomic E-state index is 0.159. The predicted molar refractivity (Wildman–Crippen MR) is 83.9 cm³/mol. The molecule has 2 aliphatic rings. The fraction of sp³-hybridized carbons (Fsp3) is 0.625. The van der Waals surface area contributed by atoms with Crippen molar-refractivity contribution in [2.45, 2.75) is 39.5 Å². The highest BCUT2D eigenvalue weighted by molar-refractivity contribution is 6.02. The van der Waals surface area contributed by atoms with Crippen LogP contribution in [0.25, 0.3) is 0 Å². The maximum Gasteiger partial charge on any atom is 0.174 e. The van der Waals surface area contributed by atoms with Crippen LogP contribution in [0.3, 0.4) is 0 Å². The van der Waals surface area contributed by atoms with Gasteiger partial charge in [-0.15, -0.1) is 0 Å². The normalized spacial score (nSPS) is 18.9. The van der Waals surface area contributed by atoms with E-state index in [1.165, 1.54) is 25.7 Å². The molecular weight excluding hydrogens is 264 g/mol. The van der Waals surface area contributed by atoms with Crippen molar-refractivity contribution in [1.82, 2.24) is 4.98 Å². The summed E-state index contributed by atoms with van der Waals surface area (Å²) < 4.78 is 0. The zero-order chi connectivity index (χ0) is 15.0. The molecule has 3 rings (SSSR count). The van der Waals surface area contributed by atoms with Crippen LogP contribution < -0.4 is 10.6 Å². The van der Waals surface area contributed by atoms with E-state index in [1.807, 2.05) is 19.9 Å². The Labute approximate surface area is 125 Å². The molecule has 0 amide bonds. The van der Waals surface area contributed by atoms with E-state index in [1.54, 1.807) is 0 Å². The summed E-state index contributed by atoms with van der Waals surface area (Å²) in [7, 11) is 0. The molecule has 2 saturated carbocycles. The molecule has 2 fully saturated rings. The van der Waals surface area contributed by atoms with E-state index >= 15 is 0 Å². The molecule has 0 atom stereocenters. The van der Waals surface area contributed by atoms with Crippen LogP contribution in [0.15, 0.2) is 11.2 Å².